The standard InChI is InChI=1S/C22H25N3O2S/c1-17-4-9-22(16-18(17)2)28(26,27)24-20-5-7-21(8-6-20)25(3)15-12-19-10-13-23-14-11-19/h4-11,13-14,16,24H,12,15H2,1-3H3. The van der Waals surface area contributed by atoms with Gasteiger partial charge in [-0.1, -0.05) is 6.07 Å². The molecule has 0 radical (unpaired) electrons. The molecule has 28 heavy (non-hydrogen) atoms. The van der Waals surface area contributed by atoms with E-state index in [1.54, 1.807) is 36.7 Å². The number of benzene rings is 2. The lowest BCUT2D eigenvalue weighted by atomic mass is 10.1. The lowest BCUT2D eigenvalue weighted by Crippen LogP contribution is -2.20. The number of aryl methyl sites for hydroxylation is 2. The molecule has 6 heteroatoms. The molecule has 0 unspecified atom stereocenters. The Kier molecular flexibility index (Phi) is 5.99. The third kappa shape index (κ3) is 4.89. The maximum Gasteiger partial charge on any atom is 0.261 e. The first-order chi connectivity index (χ1) is 13.3. The summed E-state index contributed by atoms with van der Waals surface area (Å²) >= 11 is 0. The molecule has 0 aliphatic heterocycles. The Balaban J connectivity index is 1.65. The summed E-state index contributed by atoms with van der Waals surface area (Å²) < 4.78 is 27.9. The summed E-state index contributed by atoms with van der Waals surface area (Å²) in [7, 11) is -1.58. The van der Waals surface area contributed by atoms with E-state index < -0.39 is 10.0 Å². The zero-order valence-corrected chi connectivity index (χ0v) is 17.2. The van der Waals surface area contributed by atoms with Gasteiger partial charge in [0.05, 0.1) is 4.90 Å². The normalized spacial score (nSPS) is 11.2. The van der Waals surface area contributed by atoms with Gasteiger partial charge in [0.25, 0.3) is 10.0 Å². The monoisotopic (exact) mass is 395 g/mol. The largest absolute Gasteiger partial charge is 0.374 e. The van der Waals surface area contributed by atoms with E-state index in [-0.39, 0.29) is 4.90 Å². The lowest BCUT2D eigenvalue weighted by Gasteiger charge is -2.20. The number of likely N-dealkylation sites (N-methyl/N-ethyl adjacent to an activating group) is 1. The lowest BCUT2D eigenvalue weighted by molar-refractivity contribution is 0.601. The minimum absolute atomic E-state index is 0.272. The molecule has 0 saturated heterocycles. The molecule has 5 nitrogen and oxygen atoms in total. The highest BCUT2D eigenvalue weighted by Gasteiger charge is 2.15. The molecule has 0 amide bonds. The van der Waals surface area contributed by atoms with Crippen LogP contribution in [0.15, 0.2) is 71.9 Å². The van der Waals surface area contributed by atoms with Crippen LogP contribution in [0.5, 0.6) is 0 Å². The van der Waals surface area contributed by atoms with Crippen LogP contribution < -0.4 is 9.62 Å². The summed E-state index contributed by atoms with van der Waals surface area (Å²) in [5.41, 5.74) is 4.83. The Morgan fingerprint density at radius 3 is 2.25 bits per heavy atom. The van der Waals surface area contributed by atoms with Crippen LogP contribution in [-0.2, 0) is 16.4 Å². The van der Waals surface area contributed by atoms with Gasteiger partial charge in [0.1, 0.15) is 0 Å². The highest BCUT2D eigenvalue weighted by Crippen LogP contribution is 2.21. The smallest absolute Gasteiger partial charge is 0.261 e. The number of nitrogens with one attached hydrogen (secondary N) is 1. The quantitative estimate of drug-likeness (QED) is 0.652. The summed E-state index contributed by atoms with van der Waals surface area (Å²) in [4.78, 5) is 6.44. The van der Waals surface area contributed by atoms with E-state index in [1.807, 2.05) is 51.2 Å². The fourth-order valence-electron chi connectivity index (χ4n) is 2.85. The second-order valence-electron chi connectivity index (χ2n) is 6.93. The third-order valence-corrected chi connectivity index (χ3v) is 6.21. The molecule has 0 bridgehead atoms. The summed E-state index contributed by atoms with van der Waals surface area (Å²) in [6.07, 6.45) is 4.51. The van der Waals surface area contributed by atoms with E-state index in [0.717, 1.165) is 29.8 Å². The second kappa shape index (κ2) is 8.44. The average molecular weight is 396 g/mol. The SMILES string of the molecule is Cc1ccc(S(=O)(=O)Nc2ccc(N(C)CCc3ccncc3)cc2)cc1C. The van der Waals surface area contributed by atoms with E-state index in [0.29, 0.717) is 5.69 Å². The second-order valence-corrected chi connectivity index (χ2v) is 8.61. The van der Waals surface area contributed by atoms with E-state index >= 15 is 0 Å². The molecular formula is C22H25N3O2S. The summed E-state index contributed by atoms with van der Waals surface area (Å²) in [5, 5.41) is 0. The average Bonchev–Trinajstić information content (AvgIpc) is 2.69. The van der Waals surface area contributed by atoms with Crippen molar-refractivity contribution in [2.24, 2.45) is 0 Å². The van der Waals surface area contributed by atoms with E-state index in [1.165, 1.54) is 5.56 Å². The highest BCUT2D eigenvalue weighted by atomic mass is 32.2. The number of hydrogen-bond acceptors (Lipinski definition) is 4. The summed E-state index contributed by atoms with van der Waals surface area (Å²) in [6.45, 7) is 4.73. The first-order valence-corrected chi connectivity index (χ1v) is 10.6. The van der Waals surface area contributed by atoms with Crippen LogP contribution >= 0.6 is 0 Å². The van der Waals surface area contributed by atoms with Crippen LogP contribution in [0.3, 0.4) is 0 Å². The zero-order chi connectivity index (χ0) is 20.1. The van der Waals surface area contributed by atoms with Gasteiger partial charge in [-0.25, -0.2) is 8.42 Å². The first-order valence-electron chi connectivity index (χ1n) is 9.15. The summed E-state index contributed by atoms with van der Waals surface area (Å²) in [6, 6.07) is 16.6. The van der Waals surface area contributed by atoms with Gasteiger partial charge in [0.2, 0.25) is 0 Å². The predicted octanol–water partition coefficient (Wildman–Crippen LogP) is 4.18. The first kappa shape index (κ1) is 19.9. The number of pyridine rings is 1. The van der Waals surface area contributed by atoms with Crippen LogP contribution in [0.25, 0.3) is 0 Å². The molecule has 1 aromatic heterocycles. The van der Waals surface area contributed by atoms with Gasteiger partial charge in [0.15, 0.2) is 0 Å². The molecule has 0 saturated carbocycles. The molecule has 0 fully saturated rings. The molecule has 2 aromatic carbocycles. The molecule has 1 heterocycles. The van der Waals surface area contributed by atoms with Crippen LogP contribution in [0.2, 0.25) is 0 Å². The Hall–Kier alpha value is -2.86. The Bertz CT molecular complexity index is 1030. The fourth-order valence-corrected chi connectivity index (χ4v) is 4.00. The number of hydrogen-bond donors (Lipinski definition) is 1. The van der Waals surface area contributed by atoms with Crippen molar-refractivity contribution in [3.63, 3.8) is 0 Å². The van der Waals surface area contributed by atoms with Gasteiger partial charge in [0, 0.05) is 37.4 Å². The zero-order valence-electron chi connectivity index (χ0n) is 16.4. The predicted molar refractivity (Wildman–Crippen MR) is 114 cm³/mol. The van der Waals surface area contributed by atoms with E-state index in [9.17, 15) is 8.42 Å². The van der Waals surface area contributed by atoms with Gasteiger partial charge < -0.3 is 4.90 Å². The van der Waals surface area contributed by atoms with Crippen molar-refractivity contribution in [1.82, 2.24) is 4.98 Å². The molecular weight excluding hydrogens is 370 g/mol. The Morgan fingerprint density at radius 2 is 1.61 bits per heavy atom. The number of nitrogens with zero attached hydrogens (tertiary/aromatic N) is 2. The van der Waals surface area contributed by atoms with Crippen molar-refractivity contribution in [3.8, 4) is 0 Å². The van der Waals surface area contributed by atoms with Crippen molar-refractivity contribution >= 4 is 21.4 Å². The molecule has 0 aliphatic carbocycles. The van der Waals surface area contributed by atoms with Crippen molar-refractivity contribution in [2.45, 2.75) is 25.2 Å². The number of anilines is 2. The molecule has 3 aromatic rings. The number of rotatable bonds is 7. The topological polar surface area (TPSA) is 62.3 Å². The molecule has 0 spiro atoms. The molecule has 0 aliphatic rings. The molecule has 146 valence electrons. The highest BCUT2D eigenvalue weighted by molar-refractivity contribution is 7.92. The van der Waals surface area contributed by atoms with Gasteiger partial charge in [-0.3, -0.25) is 9.71 Å². The number of aromatic nitrogens is 1. The Morgan fingerprint density at radius 1 is 0.929 bits per heavy atom. The van der Waals surface area contributed by atoms with Crippen LogP contribution in [0.4, 0.5) is 11.4 Å². The molecule has 0 atom stereocenters. The maximum absolute atomic E-state index is 12.6. The Labute approximate surface area is 167 Å². The number of sulfonamides is 1. The minimum Gasteiger partial charge on any atom is -0.374 e. The van der Waals surface area contributed by atoms with Crippen LogP contribution in [0.1, 0.15) is 16.7 Å². The van der Waals surface area contributed by atoms with Gasteiger partial charge >= 0.3 is 0 Å². The van der Waals surface area contributed by atoms with E-state index in [4.69, 9.17) is 0 Å². The van der Waals surface area contributed by atoms with Crippen LogP contribution in [0, 0.1) is 13.8 Å². The van der Waals surface area contributed by atoms with Crippen molar-refractivity contribution in [1.29, 1.82) is 0 Å². The van der Waals surface area contributed by atoms with Crippen molar-refractivity contribution in [3.05, 3.63) is 83.7 Å². The third-order valence-electron chi connectivity index (χ3n) is 4.83. The van der Waals surface area contributed by atoms with Gasteiger partial charge in [-0.05, 0) is 85.5 Å². The van der Waals surface area contributed by atoms with Crippen molar-refractivity contribution < 1.29 is 8.42 Å². The minimum atomic E-state index is -3.60. The van der Waals surface area contributed by atoms with E-state index in [2.05, 4.69) is 14.6 Å². The maximum atomic E-state index is 12.6. The van der Waals surface area contributed by atoms with Gasteiger partial charge in [-0.2, -0.15) is 0 Å². The fraction of sp³-hybridized carbons (Fsp3) is 0.227. The van der Waals surface area contributed by atoms with Crippen LogP contribution in [-0.4, -0.2) is 27.0 Å². The summed E-state index contributed by atoms with van der Waals surface area (Å²) in [5.74, 6) is 0. The molecule has 3 rings (SSSR count). The molecule has 1 N–H and O–H groups in total. The van der Waals surface area contributed by atoms with Crippen molar-refractivity contribution in [2.75, 3.05) is 23.2 Å². The van der Waals surface area contributed by atoms with Gasteiger partial charge in [-0.15, -0.1) is 0 Å².